The molecule has 2 aromatic carbocycles. The Morgan fingerprint density at radius 2 is 1.77 bits per heavy atom. The van der Waals surface area contributed by atoms with Crippen molar-refractivity contribution < 1.29 is 9.18 Å². The number of carbonyl (C=O) groups is 1. The Labute approximate surface area is 174 Å². The minimum atomic E-state index is -0.552. The number of carbonyl (C=O) groups excluding carboxylic acids is 1. The second-order valence-corrected chi connectivity index (χ2v) is 7.79. The monoisotopic (exact) mass is 423 g/mol. The Bertz CT molecular complexity index is 1350. The number of hydrogen-bond acceptors (Lipinski definition) is 4. The van der Waals surface area contributed by atoms with Crippen LogP contribution in [0.15, 0.2) is 69.6 Å². The molecule has 4 rings (SSSR count). The van der Waals surface area contributed by atoms with Gasteiger partial charge in [0, 0.05) is 5.69 Å². The molecular weight excluding hydrogens is 405 g/mol. The molecule has 6 nitrogen and oxygen atoms in total. The number of halogens is 1. The molecule has 30 heavy (non-hydrogen) atoms. The second kappa shape index (κ2) is 8.08. The molecule has 152 valence electrons. The first-order chi connectivity index (χ1) is 14.4. The number of hydrogen-bond donors (Lipinski definition) is 1. The summed E-state index contributed by atoms with van der Waals surface area (Å²) < 4.78 is 15.9. The highest BCUT2D eigenvalue weighted by Crippen LogP contribution is 2.17. The number of anilines is 1. The van der Waals surface area contributed by atoms with Crippen LogP contribution in [0, 0.1) is 12.7 Å². The first-order valence-corrected chi connectivity index (χ1v) is 10.1. The minimum absolute atomic E-state index is 0.290. The smallest absolute Gasteiger partial charge is 0.325 e. The van der Waals surface area contributed by atoms with Crippen LogP contribution in [0.3, 0.4) is 0 Å². The summed E-state index contributed by atoms with van der Waals surface area (Å²) in [6.45, 7) is 1.81. The van der Waals surface area contributed by atoms with Gasteiger partial charge < -0.3 is 5.32 Å². The van der Waals surface area contributed by atoms with Crippen molar-refractivity contribution in [1.82, 2.24) is 9.13 Å². The van der Waals surface area contributed by atoms with Crippen molar-refractivity contribution in [3.05, 3.63) is 97.8 Å². The first kappa shape index (κ1) is 19.8. The van der Waals surface area contributed by atoms with E-state index in [9.17, 15) is 18.8 Å². The van der Waals surface area contributed by atoms with Crippen LogP contribution in [0.4, 0.5) is 10.1 Å². The zero-order chi connectivity index (χ0) is 21.3. The van der Waals surface area contributed by atoms with Gasteiger partial charge in [-0.1, -0.05) is 24.3 Å². The number of amides is 1. The Morgan fingerprint density at radius 3 is 2.50 bits per heavy atom. The van der Waals surface area contributed by atoms with Crippen LogP contribution >= 0.6 is 11.3 Å². The van der Waals surface area contributed by atoms with Crippen LogP contribution in [-0.2, 0) is 17.9 Å². The summed E-state index contributed by atoms with van der Waals surface area (Å²) in [5.41, 5.74) is 1.86. The van der Waals surface area contributed by atoms with E-state index < -0.39 is 29.5 Å². The van der Waals surface area contributed by atoms with Crippen molar-refractivity contribution in [3.63, 3.8) is 0 Å². The fourth-order valence-electron chi connectivity index (χ4n) is 3.26. The van der Waals surface area contributed by atoms with E-state index in [1.807, 2.05) is 31.2 Å². The molecule has 0 atom stereocenters. The molecule has 0 aliphatic rings. The number of rotatable bonds is 5. The van der Waals surface area contributed by atoms with E-state index in [2.05, 4.69) is 5.32 Å². The highest BCUT2D eigenvalue weighted by Gasteiger charge is 2.17. The molecule has 2 aromatic heterocycles. The van der Waals surface area contributed by atoms with Gasteiger partial charge in [-0.3, -0.25) is 14.2 Å². The number of thiophene rings is 1. The van der Waals surface area contributed by atoms with Gasteiger partial charge in [0.1, 0.15) is 17.1 Å². The standard InChI is InChI=1S/C22H18FN3O3S/c1-14-4-2-3-5-15(14)12-25-18-10-11-30-20(18)21(28)26(22(25)29)13-19(27)24-17-8-6-16(23)7-9-17/h2-11H,12-13H2,1H3,(H,24,27). The summed E-state index contributed by atoms with van der Waals surface area (Å²) >= 11 is 1.23. The van der Waals surface area contributed by atoms with Crippen LogP contribution in [0.25, 0.3) is 10.2 Å². The van der Waals surface area contributed by atoms with Gasteiger partial charge >= 0.3 is 5.69 Å². The summed E-state index contributed by atoms with van der Waals surface area (Å²) in [5, 5.41) is 4.33. The summed E-state index contributed by atoms with van der Waals surface area (Å²) in [4.78, 5) is 38.5. The van der Waals surface area contributed by atoms with Crippen LogP contribution < -0.4 is 16.6 Å². The Morgan fingerprint density at radius 1 is 1.03 bits per heavy atom. The fraction of sp³-hybridized carbons (Fsp3) is 0.136. The lowest BCUT2D eigenvalue weighted by atomic mass is 10.1. The lowest BCUT2D eigenvalue weighted by Crippen LogP contribution is -2.42. The van der Waals surface area contributed by atoms with Crippen LogP contribution in [0.5, 0.6) is 0 Å². The van der Waals surface area contributed by atoms with Gasteiger partial charge in [0.15, 0.2) is 0 Å². The number of fused-ring (bicyclic) bond motifs is 1. The number of benzene rings is 2. The summed E-state index contributed by atoms with van der Waals surface area (Å²) in [7, 11) is 0. The van der Waals surface area contributed by atoms with E-state index in [1.165, 1.54) is 40.2 Å². The predicted octanol–water partition coefficient (Wildman–Crippen LogP) is 3.36. The molecule has 0 aliphatic heterocycles. The maximum atomic E-state index is 13.2. The van der Waals surface area contributed by atoms with Crippen molar-refractivity contribution in [1.29, 1.82) is 0 Å². The SMILES string of the molecule is Cc1ccccc1Cn1c(=O)n(CC(=O)Nc2ccc(F)cc2)c(=O)c2sccc21. The molecule has 1 N–H and O–H groups in total. The third kappa shape index (κ3) is 3.81. The van der Waals surface area contributed by atoms with Crippen molar-refractivity contribution in [2.45, 2.75) is 20.0 Å². The zero-order valence-electron chi connectivity index (χ0n) is 16.1. The van der Waals surface area contributed by atoms with Crippen molar-refractivity contribution in [3.8, 4) is 0 Å². The van der Waals surface area contributed by atoms with E-state index in [0.29, 0.717) is 22.4 Å². The normalized spacial score (nSPS) is 11.0. The number of aryl methyl sites for hydroxylation is 1. The highest BCUT2D eigenvalue weighted by molar-refractivity contribution is 7.17. The van der Waals surface area contributed by atoms with E-state index in [0.717, 1.165) is 15.7 Å². The largest absolute Gasteiger partial charge is 0.332 e. The molecule has 0 fully saturated rings. The topological polar surface area (TPSA) is 73.1 Å². The van der Waals surface area contributed by atoms with Crippen molar-refractivity contribution in [2.75, 3.05) is 5.32 Å². The Hall–Kier alpha value is -3.52. The van der Waals surface area contributed by atoms with Crippen molar-refractivity contribution >= 4 is 33.1 Å². The number of nitrogens with zero attached hydrogens (tertiary/aromatic N) is 2. The highest BCUT2D eigenvalue weighted by atomic mass is 32.1. The van der Waals surface area contributed by atoms with Crippen LogP contribution in [0.2, 0.25) is 0 Å². The molecule has 0 unspecified atom stereocenters. The zero-order valence-corrected chi connectivity index (χ0v) is 16.9. The van der Waals surface area contributed by atoms with Gasteiger partial charge in [-0.2, -0.15) is 0 Å². The average molecular weight is 423 g/mol. The lowest BCUT2D eigenvalue weighted by Gasteiger charge is -2.13. The van der Waals surface area contributed by atoms with Crippen LogP contribution in [0.1, 0.15) is 11.1 Å². The van der Waals surface area contributed by atoms with Gasteiger partial charge in [-0.05, 0) is 53.8 Å². The molecule has 1 amide bonds. The van der Waals surface area contributed by atoms with Gasteiger partial charge in [0.25, 0.3) is 5.56 Å². The quantitative estimate of drug-likeness (QED) is 0.535. The first-order valence-electron chi connectivity index (χ1n) is 9.25. The molecule has 0 bridgehead atoms. The molecule has 0 spiro atoms. The molecule has 0 aliphatic carbocycles. The molecule has 8 heteroatoms. The Kier molecular flexibility index (Phi) is 5.33. The molecule has 2 heterocycles. The number of nitrogens with one attached hydrogen (secondary N) is 1. The minimum Gasteiger partial charge on any atom is -0.325 e. The molecule has 0 radical (unpaired) electrons. The predicted molar refractivity (Wildman–Crippen MR) is 116 cm³/mol. The van der Waals surface area contributed by atoms with E-state index in [4.69, 9.17) is 0 Å². The maximum Gasteiger partial charge on any atom is 0.332 e. The van der Waals surface area contributed by atoms with E-state index in [-0.39, 0.29) is 0 Å². The van der Waals surface area contributed by atoms with Gasteiger partial charge in [-0.25, -0.2) is 13.8 Å². The molecule has 4 aromatic rings. The lowest BCUT2D eigenvalue weighted by molar-refractivity contribution is -0.116. The maximum absolute atomic E-state index is 13.2. The average Bonchev–Trinajstić information content (AvgIpc) is 3.21. The van der Waals surface area contributed by atoms with Crippen LogP contribution in [-0.4, -0.2) is 15.0 Å². The summed E-state index contributed by atoms with van der Waals surface area (Å²) in [5.74, 6) is -0.967. The van der Waals surface area contributed by atoms with Gasteiger partial charge in [-0.15, -0.1) is 11.3 Å². The summed E-state index contributed by atoms with van der Waals surface area (Å²) in [6.07, 6.45) is 0. The second-order valence-electron chi connectivity index (χ2n) is 6.88. The molecular formula is C22H18FN3O3S. The fourth-order valence-corrected chi connectivity index (χ4v) is 4.10. The van der Waals surface area contributed by atoms with Gasteiger partial charge in [0.05, 0.1) is 12.1 Å². The van der Waals surface area contributed by atoms with Crippen molar-refractivity contribution in [2.24, 2.45) is 0 Å². The number of aromatic nitrogens is 2. The Balaban J connectivity index is 1.72. The third-order valence-corrected chi connectivity index (χ3v) is 5.75. The molecule has 0 saturated carbocycles. The van der Waals surface area contributed by atoms with E-state index >= 15 is 0 Å². The van der Waals surface area contributed by atoms with E-state index in [1.54, 1.807) is 11.4 Å². The third-order valence-electron chi connectivity index (χ3n) is 4.86. The summed E-state index contributed by atoms with van der Waals surface area (Å²) in [6, 6.07) is 14.7. The molecule has 0 saturated heterocycles. The van der Waals surface area contributed by atoms with Gasteiger partial charge in [0.2, 0.25) is 5.91 Å².